The summed E-state index contributed by atoms with van der Waals surface area (Å²) in [7, 11) is 0. The highest BCUT2D eigenvalue weighted by Gasteiger charge is 2.67. The van der Waals surface area contributed by atoms with Crippen LogP contribution in [0.2, 0.25) is 0 Å². The number of hydrogen-bond donors (Lipinski definition) is 1. The van der Waals surface area contributed by atoms with E-state index in [0.717, 1.165) is 6.07 Å². The Kier molecular flexibility index (Phi) is 3.87. The fourth-order valence-electron chi connectivity index (χ4n) is 2.55. The number of rotatable bonds is 4. The van der Waals surface area contributed by atoms with Gasteiger partial charge in [-0.25, -0.2) is 0 Å². The molecule has 0 saturated heterocycles. The van der Waals surface area contributed by atoms with E-state index in [1.165, 1.54) is 0 Å². The molecule has 1 atom stereocenters. The van der Waals surface area contributed by atoms with Gasteiger partial charge in [-0.15, -0.1) is 0 Å². The maximum atomic E-state index is 13.2. The van der Waals surface area contributed by atoms with Crippen LogP contribution in [0.5, 0.6) is 0 Å². The van der Waals surface area contributed by atoms with Gasteiger partial charge in [0.15, 0.2) is 0 Å². The summed E-state index contributed by atoms with van der Waals surface area (Å²) in [6.45, 7) is 0. The van der Waals surface area contributed by atoms with Gasteiger partial charge < -0.3 is 5.11 Å². The maximum absolute atomic E-state index is 13.2. The quantitative estimate of drug-likeness (QED) is 0.851. The molecular formula is C13H11F6NO2. The van der Waals surface area contributed by atoms with E-state index < -0.39 is 41.8 Å². The number of aliphatic carboxylic acids is 1. The second-order valence-corrected chi connectivity index (χ2v) is 5.28. The summed E-state index contributed by atoms with van der Waals surface area (Å²) in [5.74, 6) is -2.89. The Hall–Kier alpha value is -1.80. The van der Waals surface area contributed by atoms with Crippen molar-refractivity contribution < 1.29 is 36.2 Å². The molecule has 0 spiro atoms. The normalized spacial score (nSPS) is 18.8. The number of aromatic nitrogens is 1. The first-order valence-corrected chi connectivity index (χ1v) is 6.29. The van der Waals surface area contributed by atoms with Gasteiger partial charge in [-0.1, -0.05) is 6.07 Å². The summed E-state index contributed by atoms with van der Waals surface area (Å²) in [6, 6.07) is 1.44. The molecule has 3 nitrogen and oxygen atoms in total. The van der Waals surface area contributed by atoms with Gasteiger partial charge in [-0.3, -0.25) is 9.78 Å². The van der Waals surface area contributed by atoms with Crippen LogP contribution in [0.1, 0.15) is 36.4 Å². The molecule has 122 valence electrons. The molecule has 0 amide bonds. The van der Waals surface area contributed by atoms with Gasteiger partial charge in [-0.2, -0.15) is 26.3 Å². The van der Waals surface area contributed by atoms with Crippen molar-refractivity contribution >= 4 is 5.97 Å². The van der Waals surface area contributed by atoms with E-state index >= 15 is 0 Å². The Morgan fingerprint density at radius 3 is 2.14 bits per heavy atom. The third-order valence-electron chi connectivity index (χ3n) is 3.88. The van der Waals surface area contributed by atoms with Crippen molar-refractivity contribution in [3.63, 3.8) is 0 Å². The SMILES string of the molecule is O=C(O)CC(c1ccc(C(F)(F)F)nc1)C1(C(F)(F)F)CC1. The van der Waals surface area contributed by atoms with Crippen molar-refractivity contribution in [2.45, 2.75) is 37.5 Å². The van der Waals surface area contributed by atoms with Crippen LogP contribution in [0.3, 0.4) is 0 Å². The van der Waals surface area contributed by atoms with Crippen LogP contribution < -0.4 is 0 Å². The Labute approximate surface area is 121 Å². The monoisotopic (exact) mass is 327 g/mol. The fraction of sp³-hybridized carbons (Fsp3) is 0.538. The van der Waals surface area contributed by atoms with Crippen LogP contribution in [0.25, 0.3) is 0 Å². The van der Waals surface area contributed by atoms with Crippen LogP contribution in [0.4, 0.5) is 26.3 Å². The minimum absolute atomic E-state index is 0.148. The highest BCUT2D eigenvalue weighted by molar-refractivity contribution is 5.68. The molecule has 22 heavy (non-hydrogen) atoms. The number of carboxylic acid groups (broad SMARTS) is 1. The largest absolute Gasteiger partial charge is 0.481 e. The van der Waals surface area contributed by atoms with Gasteiger partial charge in [-0.05, 0) is 24.5 Å². The predicted molar refractivity (Wildman–Crippen MR) is 62.0 cm³/mol. The number of carboxylic acids is 1. The first-order valence-electron chi connectivity index (χ1n) is 6.29. The van der Waals surface area contributed by atoms with E-state index in [2.05, 4.69) is 4.98 Å². The molecule has 0 aromatic carbocycles. The van der Waals surface area contributed by atoms with Crippen molar-refractivity contribution in [1.82, 2.24) is 4.98 Å². The lowest BCUT2D eigenvalue weighted by molar-refractivity contribution is -0.195. The van der Waals surface area contributed by atoms with Crippen molar-refractivity contribution in [3.8, 4) is 0 Å². The summed E-state index contributed by atoms with van der Waals surface area (Å²) >= 11 is 0. The molecule has 1 fully saturated rings. The zero-order chi connectivity index (χ0) is 16.8. The molecule has 1 saturated carbocycles. The van der Waals surface area contributed by atoms with Gasteiger partial charge in [0.05, 0.1) is 11.8 Å². The van der Waals surface area contributed by atoms with Crippen LogP contribution >= 0.6 is 0 Å². The number of nitrogens with zero attached hydrogens (tertiary/aromatic N) is 1. The zero-order valence-electron chi connectivity index (χ0n) is 11.0. The van der Waals surface area contributed by atoms with Gasteiger partial charge in [0.25, 0.3) is 0 Å². The minimum Gasteiger partial charge on any atom is -0.481 e. The molecule has 1 unspecified atom stereocenters. The molecule has 0 radical (unpaired) electrons. The highest BCUT2D eigenvalue weighted by atomic mass is 19.4. The van der Waals surface area contributed by atoms with Crippen LogP contribution in [0.15, 0.2) is 18.3 Å². The van der Waals surface area contributed by atoms with E-state index in [9.17, 15) is 31.1 Å². The molecule has 1 aliphatic rings. The second-order valence-electron chi connectivity index (χ2n) is 5.28. The van der Waals surface area contributed by atoms with Crippen molar-refractivity contribution in [2.75, 3.05) is 0 Å². The smallest absolute Gasteiger partial charge is 0.433 e. The average Bonchev–Trinajstić information content (AvgIpc) is 3.15. The molecule has 1 heterocycles. The molecule has 1 aromatic rings. The maximum Gasteiger partial charge on any atom is 0.433 e. The van der Waals surface area contributed by atoms with Crippen molar-refractivity contribution in [1.29, 1.82) is 0 Å². The van der Waals surface area contributed by atoms with Crippen LogP contribution in [0, 0.1) is 5.41 Å². The topological polar surface area (TPSA) is 50.2 Å². The molecule has 2 rings (SSSR count). The van der Waals surface area contributed by atoms with E-state index in [1.807, 2.05) is 0 Å². The molecule has 9 heteroatoms. The van der Waals surface area contributed by atoms with E-state index in [0.29, 0.717) is 12.3 Å². The standard InChI is InChI=1S/C13H11F6NO2/c14-12(15,16)9-2-1-7(6-20-9)8(5-10(21)22)11(3-4-11)13(17,18)19/h1-2,6,8H,3-5H2,(H,21,22). The summed E-state index contributed by atoms with van der Waals surface area (Å²) in [5, 5.41) is 8.82. The van der Waals surface area contributed by atoms with Gasteiger partial charge in [0, 0.05) is 12.1 Å². The lowest BCUT2D eigenvalue weighted by atomic mass is 9.81. The molecule has 0 aliphatic heterocycles. The van der Waals surface area contributed by atoms with Crippen LogP contribution in [-0.2, 0) is 11.0 Å². The first kappa shape index (κ1) is 16.6. The number of pyridine rings is 1. The second kappa shape index (κ2) is 5.13. The van der Waals surface area contributed by atoms with Crippen LogP contribution in [-0.4, -0.2) is 22.2 Å². The lowest BCUT2D eigenvalue weighted by Crippen LogP contribution is -2.32. The average molecular weight is 327 g/mol. The Balaban J connectivity index is 2.37. The fourth-order valence-corrected chi connectivity index (χ4v) is 2.55. The van der Waals surface area contributed by atoms with Gasteiger partial charge >= 0.3 is 18.3 Å². The number of hydrogen-bond acceptors (Lipinski definition) is 2. The molecule has 1 aliphatic carbocycles. The number of carbonyl (C=O) groups is 1. The van der Waals surface area contributed by atoms with E-state index in [1.54, 1.807) is 0 Å². The number of alkyl halides is 6. The Morgan fingerprint density at radius 2 is 1.82 bits per heavy atom. The van der Waals surface area contributed by atoms with Gasteiger partial charge in [0.1, 0.15) is 5.69 Å². The Bertz CT molecular complexity index is 559. The number of halogens is 6. The third-order valence-corrected chi connectivity index (χ3v) is 3.88. The molecule has 1 N–H and O–H groups in total. The van der Waals surface area contributed by atoms with Crippen molar-refractivity contribution in [2.24, 2.45) is 5.41 Å². The lowest BCUT2D eigenvalue weighted by Gasteiger charge is -2.28. The van der Waals surface area contributed by atoms with E-state index in [4.69, 9.17) is 5.11 Å². The first-order chi connectivity index (χ1) is 9.97. The molecule has 1 aromatic heterocycles. The van der Waals surface area contributed by atoms with E-state index in [-0.39, 0.29) is 18.4 Å². The predicted octanol–water partition coefficient (Wildman–Crippen LogP) is 4.00. The molecular weight excluding hydrogens is 316 g/mol. The zero-order valence-corrected chi connectivity index (χ0v) is 11.0. The third kappa shape index (κ3) is 3.02. The van der Waals surface area contributed by atoms with Crippen molar-refractivity contribution in [3.05, 3.63) is 29.6 Å². The summed E-state index contributed by atoms with van der Waals surface area (Å²) in [6.07, 6.45) is -9.93. The summed E-state index contributed by atoms with van der Waals surface area (Å²) < 4.78 is 76.8. The summed E-state index contributed by atoms with van der Waals surface area (Å²) in [5.41, 5.74) is -3.57. The van der Waals surface area contributed by atoms with Gasteiger partial charge in [0.2, 0.25) is 0 Å². The summed E-state index contributed by atoms with van der Waals surface area (Å²) in [4.78, 5) is 14.0. The highest BCUT2D eigenvalue weighted by Crippen LogP contribution is 2.66. The Morgan fingerprint density at radius 1 is 1.23 bits per heavy atom. The minimum atomic E-state index is -4.71. The molecule has 0 bridgehead atoms.